The van der Waals surface area contributed by atoms with Crippen molar-refractivity contribution in [2.75, 3.05) is 11.4 Å². The number of nitrogens with two attached hydrogens (primary N) is 1. The minimum Gasteiger partial charge on any atom is -0.341 e. The second-order valence-electron chi connectivity index (χ2n) is 5.18. The molecule has 1 atom stereocenters. The molecular formula is C17H20ClFN2. The van der Waals surface area contributed by atoms with Gasteiger partial charge >= 0.3 is 0 Å². The van der Waals surface area contributed by atoms with Gasteiger partial charge in [-0.3, -0.25) is 0 Å². The third kappa shape index (κ3) is 3.96. The summed E-state index contributed by atoms with van der Waals surface area (Å²) in [7, 11) is 0. The molecule has 0 aromatic heterocycles. The third-order valence-electron chi connectivity index (χ3n) is 3.33. The van der Waals surface area contributed by atoms with Gasteiger partial charge in [0.25, 0.3) is 0 Å². The van der Waals surface area contributed by atoms with Gasteiger partial charge in [0.05, 0.1) is 0 Å². The first kappa shape index (κ1) is 15.8. The third-order valence-corrected chi connectivity index (χ3v) is 3.57. The van der Waals surface area contributed by atoms with Crippen molar-refractivity contribution in [2.24, 2.45) is 5.73 Å². The van der Waals surface area contributed by atoms with Gasteiger partial charge in [-0.1, -0.05) is 17.7 Å². The van der Waals surface area contributed by atoms with E-state index in [1.165, 1.54) is 12.1 Å². The van der Waals surface area contributed by atoms with Crippen LogP contribution in [0.2, 0.25) is 5.02 Å². The summed E-state index contributed by atoms with van der Waals surface area (Å²) in [5.74, 6) is -0.239. The maximum atomic E-state index is 13.1. The normalized spacial score (nSPS) is 12.2. The molecule has 0 bridgehead atoms. The molecule has 2 rings (SSSR count). The molecule has 2 aromatic rings. The van der Waals surface area contributed by atoms with Crippen LogP contribution in [0.15, 0.2) is 42.5 Å². The van der Waals surface area contributed by atoms with Gasteiger partial charge in [0.15, 0.2) is 0 Å². The lowest BCUT2D eigenvalue weighted by atomic mass is 10.0. The Morgan fingerprint density at radius 3 is 2.43 bits per heavy atom. The summed E-state index contributed by atoms with van der Waals surface area (Å²) in [6, 6.07) is 12.4. The molecule has 0 aliphatic heterocycles. The highest BCUT2D eigenvalue weighted by Gasteiger charge is 2.13. The van der Waals surface area contributed by atoms with Crippen molar-refractivity contribution in [3.63, 3.8) is 0 Å². The highest BCUT2D eigenvalue weighted by atomic mass is 35.5. The van der Waals surface area contributed by atoms with E-state index in [0.717, 1.165) is 29.9 Å². The number of halogens is 2. The van der Waals surface area contributed by atoms with Crippen LogP contribution in [0, 0.1) is 5.82 Å². The molecule has 2 aromatic carbocycles. The van der Waals surface area contributed by atoms with Crippen LogP contribution in [0.1, 0.15) is 19.4 Å². The number of hydrogen-bond acceptors (Lipinski definition) is 2. The van der Waals surface area contributed by atoms with Crippen molar-refractivity contribution in [1.82, 2.24) is 0 Å². The summed E-state index contributed by atoms with van der Waals surface area (Å²) in [6.45, 7) is 4.80. The van der Waals surface area contributed by atoms with Gasteiger partial charge in [0, 0.05) is 29.0 Å². The summed E-state index contributed by atoms with van der Waals surface area (Å²) in [4.78, 5) is 2.11. The Morgan fingerprint density at radius 1 is 1.19 bits per heavy atom. The summed E-state index contributed by atoms with van der Waals surface area (Å²) in [5, 5.41) is 0.680. The Hall–Kier alpha value is -1.58. The SMILES string of the molecule is CCN(c1ccc(F)cc1)c1cc(Cl)ccc1CC(C)N. The molecule has 0 saturated carbocycles. The lowest BCUT2D eigenvalue weighted by Crippen LogP contribution is -2.22. The fraction of sp³-hybridized carbons (Fsp3) is 0.294. The first-order chi connectivity index (χ1) is 10.0. The van der Waals surface area contributed by atoms with E-state index in [-0.39, 0.29) is 11.9 Å². The second-order valence-corrected chi connectivity index (χ2v) is 5.61. The Morgan fingerprint density at radius 2 is 1.86 bits per heavy atom. The maximum Gasteiger partial charge on any atom is 0.123 e. The molecule has 21 heavy (non-hydrogen) atoms. The molecule has 0 aliphatic carbocycles. The molecule has 0 radical (unpaired) electrons. The molecule has 0 spiro atoms. The van der Waals surface area contributed by atoms with Gasteiger partial charge in [0.1, 0.15) is 5.82 Å². The van der Waals surface area contributed by atoms with Crippen LogP contribution in [0.3, 0.4) is 0 Å². The minimum absolute atomic E-state index is 0.0665. The zero-order valence-corrected chi connectivity index (χ0v) is 13.1. The predicted molar refractivity (Wildman–Crippen MR) is 87.9 cm³/mol. The predicted octanol–water partition coefficient (Wildman–Crippen LogP) is 4.53. The van der Waals surface area contributed by atoms with Gasteiger partial charge in [0.2, 0.25) is 0 Å². The second kappa shape index (κ2) is 6.92. The molecule has 0 amide bonds. The van der Waals surface area contributed by atoms with Crippen LogP contribution in [0.25, 0.3) is 0 Å². The van der Waals surface area contributed by atoms with Crippen LogP contribution >= 0.6 is 11.6 Å². The molecule has 0 aliphatic rings. The molecular weight excluding hydrogens is 287 g/mol. The number of hydrogen-bond donors (Lipinski definition) is 1. The topological polar surface area (TPSA) is 29.3 Å². The van der Waals surface area contributed by atoms with Gasteiger partial charge in [-0.15, -0.1) is 0 Å². The fourth-order valence-electron chi connectivity index (χ4n) is 2.42. The highest BCUT2D eigenvalue weighted by molar-refractivity contribution is 6.30. The molecule has 0 fully saturated rings. The standard InChI is InChI=1S/C17H20ClFN2/c1-3-21(16-8-6-15(19)7-9-16)17-11-14(18)5-4-13(17)10-12(2)20/h4-9,11-12H,3,10,20H2,1-2H3. The molecule has 0 saturated heterocycles. The van der Waals surface area contributed by atoms with Crippen molar-refractivity contribution < 1.29 is 4.39 Å². The first-order valence-electron chi connectivity index (χ1n) is 7.08. The van der Waals surface area contributed by atoms with Crippen LogP contribution in [0.4, 0.5) is 15.8 Å². The van der Waals surface area contributed by atoms with Gasteiger partial charge in [-0.05, 0) is 62.2 Å². The number of anilines is 2. The van der Waals surface area contributed by atoms with Gasteiger partial charge in [-0.2, -0.15) is 0 Å². The maximum absolute atomic E-state index is 13.1. The number of benzene rings is 2. The average molecular weight is 307 g/mol. The Kier molecular flexibility index (Phi) is 5.21. The summed E-state index contributed by atoms with van der Waals surface area (Å²) in [6.07, 6.45) is 0.768. The quantitative estimate of drug-likeness (QED) is 0.879. The smallest absolute Gasteiger partial charge is 0.123 e. The van der Waals surface area contributed by atoms with Gasteiger partial charge in [-0.25, -0.2) is 4.39 Å². The summed E-state index contributed by atoms with van der Waals surface area (Å²) < 4.78 is 13.1. The fourth-order valence-corrected chi connectivity index (χ4v) is 2.59. The van der Waals surface area contributed by atoms with E-state index in [0.29, 0.717) is 5.02 Å². The Bertz CT molecular complexity index is 596. The van der Waals surface area contributed by atoms with Crippen LogP contribution in [-0.4, -0.2) is 12.6 Å². The van der Waals surface area contributed by atoms with E-state index < -0.39 is 0 Å². The monoisotopic (exact) mass is 306 g/mol. The van der Waals surface area contributed by atoms with Crippen LogP contribution in [0.5, 0.6) is 0 Å². The lowest BCUT2D eigenvalue weighted by molar-refractivity contribution is 0.628. The van der Waals surface area contributed by atoms with E-state index in [9.17, 15) is 4.39 Å². The van der Waals surface area contributed by atoms with Crippen molar-refractivity contribution >= 4 is 23.0 Å². The van der Waals surface area contributed by atoms with E-state index in [2.05, 4.69) is 11.8 Å². The summed E-state index contributed by atoms with van der Waals surface area (Å²) in [5.41, 5.74) is 9.03. The Labute approximate surface area is 130 Å². The molecule has 2 N–H and O–H groups in total. The zero-order chi connectivity index (χ0) is 15.4. The number of nitrogens with zero attached hydrogens (tertiary/aromatic N) is 1. The highest BCUT2D eigenvalue weighted by Crippen LogP contribution is 2.31. The summed E-state index contributed by atoms with van der Waals surface area (Å²) >= 11 is 6.15. The molecule has 4 heteroatoms. The zero-order valence-electron chi connectivity index (χ0n) is 12.3. The van der Waals surface area contributed by atoms with E-state index in [1.807, 2.05) is 25.1 Å². The lowest BCUT2D eigenvalue weighted by Gasteiger charge is -2.27. The van der Waals surface area contributed by atoms with Gasteiger partial charge < -0.3 is 10.6 Å². The van der Waals surface area contributed by atoms with Crippen molar-refractivity contribution in [1.29, 1.82) is 0 Å². The first-order valence-corrected chi connectivity index (χ1v) is 7.46. The largest absolute Gasteiger partial charge is 0.341 e. The van der Waals surface area contributed by atoms with E-state index in [4.69, 9.17) is 17.3 Å². The molecule has 2 nitrogen and oxygen atoms in total. The molecule has 1 unspecified atom stereocenters. The van der Waals surface area contributed by atoms with Crippen LogP contribution < -0.4 is 10.6 Å². The number of rotatable bonds is 5. The Balaban J connectivity index is 2.45. The van der Waals surface area contributed by atoms with Crippen molar-refractivity contribution in [3.05, 3.63) is 58.9 Å². The molecule has 112 valence electrons. The van der Waals surface area contributed by atoms with Crippen molar-refractivity contribution in [3.8, 4) is 0 Å². The average Bonchev–Trinajstić information content (AvgIpc) is 2.44. The minimum atomic E-state index is -0.239. The van der Waals surface area contributed by atoms with E-state index in [1.54, 1.807) is 12.1 Å². The van der Waals surface area contributed by atoms with Crippen LogP contribution in [-0.2, 0) is 6.42 Å². The molecule has 0 heterocycles. The van der Waals surface area contributed by atoms with Crippen molar-refractivity contribution in [2.45, 2.75) is 26.3 Å². The van der Waals surface area contributed by atoms with E-state index >= 15 is 0 Å².